The lowest BCUT2D eigenvalue weighted by Crippen LogP contribution is -1.94. The summed E-state index contributed by atoms with van der Waals surface area (Å²) in [5.41, 5.74) is 0.921. The van der Waals surface area contributed by atoms with E-state index < -0.39 is 0 Å². The molecular weight excluding hydrogens is 288 g/mol. The summed E-state index contributed by atoms with van der Waals surface area (Å²) in [6.07, 6.45) is 3.27. The highest BCUT2D eigenvalue weighted by atomic mass is 32.1. The fourth-order valence-corrected chi connectivity index (χ4v) is 1.96. The largest absolute Gasteiger partial charge is 0.497 e. The van der Waals surface area contributed by atoms with Gasteiger partial charge in [-0.05, 0) is 54.2 Å². The number of hydrogen-bond acceptors (Lipinski definition) is 5. The Balaban J connectivity index is 1.92. The Hall–Kier alpha value is -2.67. The number of nitrogens with zero attached hydrogens (tertiary/aromatic N) is 3. The molecule has 3 rings (SSSR count). The van der Waals surface area contributed by atoms with E-state index in [1.807, 2.05) is 24.3 Å². The van der Waals surface area contributed by atoms with Crippen molar-refractivity contribution in [2.24, 2.45) is 5.10 Å². The number of hydrogen-bond donors (Lipinski definition) is 1. The Morgan fingerprint density at radius 2 is 2.14 bits per heavy atom. The topological polar surface area (TPSA) is 68.3 Å². The minimum Gasteiger partial charge on any atom is -0.497 e. The van der Waals surface area contributed by atoms with Gasteiger partial charge in [-0.1, -0.05) is 0 Å². The second-order valence-electron chi connectivity index (χ2n) is 4.16. The van der Waals surface area contributed by atoms with Crippen LogP contribution in [-0.2, 0) is 0 Å². The summed E-state index contributed by atoms with van der Waals surface area (Å²) < 4.78 is 12.3. The molecule has 0 saturated heterocycles. The third kappa shape index (κ3) is 2.77. The molecule has 0 aliphatic carbocycles. The maximum absolute atomic E-state index is 5.32. The second-order valence-corrected chi connectivity index (χ2v) is 4.55. The predicted molar refractivity (Wildman–Crippen MR) is 81.1 cm³/mol. The summed E-state index contributed by atoms with van der Waals surface area (Å²) in [4.78, 5) is 0. The normalized spacial score (nSPS) is 11.1. The van der Waals surface area contributed by atoms with E-state index in [4.69, 9.17) is 21.4 Å². The predicted octanol–water partition coefficient (Wildman–Crippen LogP) is 3.09. The number of methoxy groups -OCH3 is 1. The smallest absolute Gasteiger partial charge is 0.219 e. The molecule has 0 amide bonds. The Kier molecular flexibility index (Phi) is 3.65. The molecule has 0 aliphatic rings. The van der Waals surface area contributed by atoms with Gasteiger partial charge in [0.25, 0.3) is 0 Å². The molecule has 0 bridgehead atoms. The van der Waals surface area contributed by atoms with Crippen LogP contribution >= 0.6 is 12.2 Å². The van der Waals surface area contributed by atoms with Crippen molar-refractivity contribution in [2.75, 3.05) is 7.11 Å². The summed E-state index contributed by atoms with van der Waals surface area (Å²) in [5.74, 6) is 1.91. The number of furan rings is 1. The number of nitrogens with one attached hydrogen (secondary N) is 1. The van der Waals surface area contributed by atoms with Gasteiger partial charge in [0.15, 0.2) is 5.76 Å². The Morgan fingerprint density at radius 3 is 2.81 bits per heavy atom. The van der Waals surface area contributed by atoms with Crippen molar-refractivity contribution < 1.29 is 9.15 Å². The molecule has 7 heteroatoms. The third-order valence-corrected chi connectivity index (χ3v) is 3.09. The molecule has 1 aromatic carbocycles. The van der Waals surface area contributed by atoms with Gasteiger partial charge in [0.05, 0.1) is 19.6 Å². The van der Waals surface area contributed by atoms with E-state index in [-0.39, 0.29) is 0 Å². The van der Waals surface area contributed by atoms with Crippen molar-refractivity contribution in [1.82, 2.24) is 14.9 Å². The van der Waals surface area contributed by atoms with Crippen LogP contribution in [0.1, 0.15) is 5.56 Å². The van der Waals surface area contributed by atoms with Crippen molar-refractivity contribution in [3.63, 3.8) is 0 Å². The first-order valence-corrected chi connectivity index (χ1v) is 6.58. The monoisotopic (exact) mass is 300 g/mol. The molecule has 21 heavy (non-hydrogen) atoms. The first-order valence-electron chi connectivity index (χ1n) is 6.17. The lowest BCUT2D eigenvalue weighted by molar-refractivity contribution is 0.415. The standard InChI is InChI=1S/C14H12N4O2S/c1-19-11-6-4-10(5-7-11)9-15-18-13(16-17-14(18)21)12-3-2-8-20-12/h2-9H,1H3,(H,17,21)/b15-9-. The van der Waals surface area contributed by atoms with Crippen molar-refractivity contribution in [3.8, 4) is 17.3 Å². The van der Waals surface area contributed by atoms with E-state index in [0.717, 1.165) is 11.3 Å². The number of aromatic nitrogens is 3. The molecule has 6 nitrogen and oxygen atoms in total. The lowest BCUT2D eigenvalue weighted by Gasteiger charge is -1.99. The van der Waals surface area contributed by atoms with Gasteiger partial charge >= 0.3 is 0 Å². The minimum atomic E-state index is 0.395. The molecule has 0 atom stereocenters. The fourth-order valence-electron chi connectivity index (χ4n) is 1.78. The van der Waals surface area contributed by atoms with E-state index in [1.165, 1.54) is 4.68 Å². The maximum atomic E-state index is 5.32. The molecule has 0 unspecified atom stereocenters. The summed E-state index contributed by atoms with van der Waals surface area (Å²) in [6.45, 7) is 0. The van der Waals surface area contributed by atoms with Crippen molar-refractivity contribution in [2.45, 2.75) is 0 Å². The highest BCUT2D eigenvalue weighted by Crippen LogP contribution is 2.17. The third-order valence-electron chi connectivity index (χ3n) is 2.83. The Bertz CT molecular complexity index is 800. The summed E-state index contributed by atoms with van der Waals surface area (Å²) >= 11 is 5.17. The number of benzene rings is 1. The molecular formula is C14H12N4O2S. The van der Waals surface area contributed by atoms with Gasteiger partial charge in [0.2, 0.25) is 10.6 Å². The van der Waals surface area contributed by atoms with Gasteiger partial charge in [-0.25, -0.2) is 5.10 Å². The molecule has 2 heterocycles. The van der Waals surface area contributed by atoms with E-state index >= 15 is 0 Å². The van der Waals surface area contributed by atoms with Crippen LogP contribution in [0.15, 0.2) is 52.2 Å². The first kappa shape index (κ1) is 13.3. The van der Waals surface area contributed by atoms with Gasteiger partial charge < -0.3 is 9.15 Å². The first-order chi connectivity index (χ1) is 10.3. The zero-order chi connectivity index (χ0) is 14.7. The summed E-state index contributed by atoms with van der Waals surface area (Å²) in [5, 5.41) is 11.2. The van der Waals surface area contributed by atoms with Crippen molar-refractivity contribution in [3.05, 3.63) is 53.0 Å². The number of ether oxygens (including phenoxy) is 1. The van der Waals surface area contributed by atoms with Crippen LogP contribution in [0, 0.1) is 4.77 Å². The molecule has 106 valence electrons. The molecule has 3 aromatic rings. The van der Waals surface area contributed by atoms with E-state index in [9.17, 15) is 0 Å². The van der Waals surface area contributed by atoms with Gasteiger partial charge in [-0.3, -0.25) is 0 Å². The van der Waals surface area contributed by atoms with Crippen LogP contribution in [0.3, 0.4) is 0 Å². The Morgan fingerprint density at radius 1 is 1.33 bits per heavy atom. The summed E-state index contributed by atoms with van der Waals surface area (Å²) in [7, 11) is 1.63. The Labute approximate surface area is 125 Å². The number of aromatic amines is 1. The van der Waals surface area contributed by atoms with Crippen LogP contribution in [0.5, 0.6) is 5.75 Å². The molecule has 0 aliphatic heterocycles. The fraction of sp³-hybridized carbons (Fsp3) is 0.0714. The van der Waals surface area contributed by atoms with Crippen LogP contribution in [0.4, 0.5) is 0 Å². The van der Waals surface area contributed by atoms with Gasteiger partial charge in [-0.2, -0.15) is 9.78 Å². The van der Waals surface area contributed by atoms with Crippen LogP contribution in [-0.4, -0.2) is 28.2 Å². The van der Waals surface area contributed by atoms with Gasteiger partial charge in [0, 0.05) is 0 Å². The number of rotatable bonds is 4. The van der Waals surface area contributed by atoms with E-state index in [0.29, 0.717) is 16.4 Å². The second kappa shape index (κ2) is 5.76. The number of H-pyrrole nitrogens is 1. The minimum absolute atomic E-state index is 0.395. The van der Waals surface area contributed by atoms with Crippen molar-refractivity contribution in [1.29, 1.82) is 0 Å². The molecule has 0 fully saturated rings. The lowest BCUT2D eigenvalue weighted by atomic mass is 10.2. The van der Waals surface area contributed by atoms with Crippen LogP contribution < -0.4 is 4.74 Å². The van der Waals surface area contributed by atoms with Gasteiger partial charge in [-0.15, -0.1) is 5.10 Å². The van der Waals surface area contributed by atoms with Crippen molar-refractivity contribution >= 4 is 18.4 Å². The highest BCUT2D eigenvalue weighted by Gasteiger charge is 2.10. The van der Waals surface area contributed by atoms with Crippen LogP contribution in [0.2, 0.25) is 0 Å². The highest BCUT2D eigenvalue weighted by molar-refractivity contribution is 7.71. The van der Waals surface area contributed by atoms with Crippen LogP contribution in [0.25, 0.3) is 11.6 Å². The maximum Gasteiger partial charge on any atom is 0.219 e. The average molecular weight is 300 g/mol. The zero-order valence-electron chi connectivity index (χ0n) is 11.2. The van der Waals surface area contributed by atoms with Gasteiger partial charge in [0.1, 0.15) is 5.75 Å². The molecule has 0 radical (unpaired) electrons. The average Bonchev–Trinajstić information content (AvgIpc) is 3.15. The SMILES string of the molecule is COc1ccc(/C=N\n2c(-c3ccco3)n[nH]c2=S)cc1. The van der Waals surface area contributed by atoms with E-state index in [1.54, 1.807) is 31.7 Å². The zero-order valence-corrected chi connectivity index (χ0v) is 12.0. The molecule has 0 spiro atoms. The quantitative estimate of drug-likeness (QED) is 0.594. The molecule has 0 saturated carbocycles. The molecule has 2 aromatic heterocycles. The summed E-state index contributed by atoms with van der Waals surface area (Å²) in [6, 6.07) is 11.1. The van der Waals surface area contributed by atoms with E-state index in [2.05, 4.69) is 15.3 Å². The molecule has 1 N–H and O–H groups in total.